The standard InChI is InChI=1S/C9H17N.H3N/c1-9(2)8-5-3-4-7(8)6-10-9;/h7-8,10H,3-6H2,1-2H3;1H3. The van der Waals surface area contributed by atoms with Crippen LogP contribution in [0.4, 0.5) is 0 Å². The molecule has 2 fully saturated rings. The Morgan fingerprint density at radius 2 is 2.00 bits per heavy atom. The third-order valence-electron chi connectivity index (χ3n) is 3.41. The highest BCUT2D eigenvalue weighted by atomic mass is 15.0. The zero-order valence-corrected chi connectivity index (χ0v) is 7.69. The van der Waals surface area contributed by atoms with Crippen molar-refractivity contribution in [2.45, 2.75) is 38.6 Å². The topological polar surface area (TPSA) is 47.0 Å². The first kappa shape index (κ1) is 9.01. The predicted molar refractivity (Wildman–Crippen MR) is 47.9 cm³/mol. The molecule has 0 aromatic heterocycles. The van der Waals surface area contributed by atoms with Gasteiger partial charge in [0, 0.05) is 5.54 Å². The maximum Gasteiger partial charge on any atom is 0.0156 e. The first-order valence-corrected chi connectivity index (χ1v) is 4.45. The van der Waals surface area contributed by atoms with Gasteiger partial charge in [-0.15, -0.1) is 0 Å². The van der Waals surface area contributed by atoms with Crippen LogP contribution in [0, 0.1) is 11.8 Å². The molecule has 1 heterocycles. The summed E-state index contributed by atoms with van der Waals surface area (Å²) in [6, 6.07) is 0. The van der Waals surface area contributed by atoms with Gasteiger partial charge in [0.2, 0.25) is 0 Å². The smallest absolute Gasteiger partial charge is 0.0156 e. The average molecular weight is 156 g/mol. The summed E-state index contributed by atoms with van der Waals surface area (Å²) in [4.78, 5) is 0. The van der Waals surface area contributed by atoms with Crippen molar-refractivity contribution in [3.63, 3.8) is 0 Å². The quantitative estimate of drug-likeness (QED) is 0.563. The number of hydrogen-bond donors (Lipinski definition) is 2. The highest BCUT2D eigenvalue weighted by Gasteiger charge is 2.43. The van der Waals surface area contributed by atoms with E-state index in [1.165, 1.54) is 25.8 Å². The largest absolute Gasteiger partial charge is 0.344 e. The van der Waals surface area contributed by atoms with E-state index in [1.807, 2.05) is 0 Å². The van der Waals surface area contributed by atoms with Crippen LogP contribution >= 0.6 is 0 Å². The normalized spacial score (nSPS) is 39.8. The summed E-state index contributed by atoms with van der Waals surface area (Å²) in [5.41, 5.74) is 0.446. The third-order valence-corrected chi connectivity index (χ3v) is 3.41. The van der Waals surface area contributed by atoms with Crippen molar-refractivity contribution >= 4 is 0 Å². The van der Waals surface area contributed by atoms with Gasteiger partial charge in [0.05, 0.1) is 0 Å². The molecule has 1 saturated heterocycles. The summed E-state index contributed by atoms with van der Waals surface area (Å²) in [6.07, 6.45) is 4.41. The predicted octanol–water partition coefficient (Wildman–Crippen LogP) is 1.95. The van der Waals surface area contributed by atoms with Gasteiger partial charge >= 0.3 is 0 Å². The molecule has 2 aliphatic rings. The fraction of sp³-hybridized carbons (Fsp3) is 1.00. The molecule has 0 radical (unpaired) electrons. The van der Waals surface area contributed by atoms with Crippen LogP contribution in [0.25, 0.3) is 0 Å². The van der Waals surface area contributed by atoms with Gasteiger partial charge in [0.1, 0.15) is 0 Å². The minimum atomic E-state index is 0. The van der Waals surface area contributed by atoms with Crippen LogP contribution in [0.3, 0.4) is 0 Å². The highest BCUT2D eigenvalue weighted by molar-refractivity contribution is 5.00. The Hall–Kier alpha value is -0.0800. The Morgan fingerprint density at radius 1 is 1.27 bits per heavy atom. The molecule has 1 saturated carbocycles. The summed E-state index contributed by atoms with van der Waals surface area (Å²) in [5, 5.41) is 3.60. The van der Waals surface area contributed by atoms with Gasteiger partial charge in [0.25, 0.3) is 0 Å². The first-order valence-electron chi connectivity index (χ1n) is 4.45. The van der Waals surface area contributed by atoms with E-state index in [0.29, 0.717) is 5.54 Å². The molecule has 2 heteroatoms. The van der Waals surface area contributed by atoms with E-state index in [9.17, 15) is 0 Å². The summed E-state index contributed by atoms with van der Waals surface area (Å²) < 4.78 is 0. The maximum atomic E-state index is 3.60. The molecule has 11 heavy (non-hydrogen) atoms. The average Bonchev–Trinajstić information content (AvgIpc) is 2.36. The molecule has 0 aromatic rings. The minimum Gasteiger partial charge on any atom is -0.344 e. The van der Waals surface area contributed by atoms with Crippen LogP contribution in [0.1, 0.15) is 33.1 Å². The second kappa shape index (κ2) is 2.76. The van der Waals surface area contributed by atoms with Crippen molar-refractivity contribution in [2.75, 3.05) is 6.54 Å². The number of rotatable bonds is 0. The van der Waals surface area contributed by atoms with Crippen LogP contribution in [-0.4, -0.2) is 12.1 Å². The molecule has 2 atom stereocenters. The highest BCUT2D eigenvalue weighted by Crippen LogP contribution is 2.42. The Kier molecular flexibility index (Phi) is 2.26. The van der Waals surface area contributed by atoms with Gasteiger partial charge in [-0.2, -0.15) is 0 Å². The van der Waals surface area contributed by atoms with E-state index in [0.717, 1.165) is 11.8 Å². The summed E-state index contributed by atoms with van der Waals surface area (Å²) in [5.74, 6) is 1.99. The molecule has 0 amide bonds. The van der Waals surface area contributed by atoms with Crippen molar-refractivity contribution in [1.29, 1.82) is 0 Å². The molecule has 1 aliphatic heterocycles. The van der Waals surface area contributed by atoms with Gasteiger partial charge in [-0.3, -0.25) is 0 Å². The molecule has 0 bridgehead atoms. The Morgan fingerprint density at radius 3 is 2.64 bits per heavy atom. The Bertz CT molecular complexity index is 142. The Labute approximate surface area is 69.3 Å². The van der Waals surface area contributed by atoms with Crippen LogP contribution in [0.15, 0.2) is 0 Å². The molecular formula is C9H20N2. The van der Waals surface area contributed by atoms with Crippen molar-refractivity contribution in [3.8, 4) is 0 Å². The van der Waals surface area contributed by atoms with E-state index in [4.69, 9.17) is 0 Å². The molecule has 4 N–H and O–H groups in total. The SMILES string of the molecule is CC1(C)NCC2CCCC21.N. The molecule has 0 aromatic carbocycles. The molecule has 2 nitrogen and oxygen atoms in total. The third kappa shape index (κ3) is 1.30. The van der Waals surface area contributed by atoms with Crippen molar-refractivity contribution in [2.24, 2.45) is 11.8 Å². The van der Waals surface area contributed by atoms with Gasteiger partial charge in [-0.05, 0) is 45.1 Å². The van der Waals surface area contributed by atoms with Gasteiger partial charge < -0.3 is 11.5 Å². The summed E-state index contributed by atoms with van der Waals surface area (Å²) in [6.45, 7) is 5.98. The molecule has 2 rings (SSSR count). The molecule has 66 valence electrons. The summed E-state index contributed by atoms with van der Waals surface area (Å²) in [7, 11) is 0. The van der Waals surface area contributed by atoms with E-state index >= 15 is 0 Å². The van der Waals surface area contributed by atoms with Crippen LogP contribution in [0.2, 0.25) is 0 Å². The first-order chi connectivity index (χ1) is 4.70. The van der Waals surface area contributed by atoms with Crippen LogP contribution < -0.4 is 11.5 Å². The fourth-order valence-electron chi connectivity index (χ4n) is 2.76. The van der Waals surface area contributed by atoms with Gasteiger partial charge in [-0.1, -0.05) is 6.42 Å². The van der Waals surface area contributed by atoms with Gasteiger partial charge in [0.15, 0.2) is 0 Å². The minimum absolute atomic E-state index is 0. The molecular weight excluding hydrogens is 136 g/mol. The number of hydrogen-bond acceptors (Lipinski definition) is 2. The lowest BCUT2D eigenvalue weighted by molar-refractivity contribution is 0.314. The monoisotopic (exact) mass is 156 g/mol. The van der Waals surface area contributed by atoms with E-state index < -0.39 is 0 Å². The van der Waals surface area contributed by atoms with E-state index in [2.05, 4.69) is 19.2 Å². The maximum absolute atomic E-state index is 3.60. The fourth-order valence-corrected chi connectivity index (χ4v) is 2.76. The van der Waals surface area contributed by atoms with Crippen molar-refractivity contribution in [3.05, 3.63) is 0 Å². The molecule has 0 spiro atoms. The van der Waals surface area contributed by atoms with E-state index in [-0.39, 0.29) is 6.15 Å². The second-order valence-electron chi connectivity index (χ2n) is 4.40. The molecule has 1 aliphatic carbocycles. The molecule has 2 unspecified atom stereocenters. The van der Waals surface area contributed by atoms with Crippen LogP contribution in [-0.2, 0) is 0 Å². The number of fused-ring (bicyclic) bond motifs is 1. The van der Waals surface area contributed by atoms with Crippen molar-refractivity contribution in [1.82, 2.24) is 11.5 Å². The summed E-state index contributed by atoms with van der Waals surface area (Å²) >= 11 is 0. The lowest BCUT2D eigenvalue weighted by atomic mass is 9.85. The lowest BCUT2D eigenvalue weighted by Gasteiger charge is -2.25. The van der Waals surface area contributed by atoms with Gasteiger partial charge in [-0.25, -0.2) is 0 Å². The lowest BCUT2D eigenvalue weighted by Crippen LogP contribution is -2.37. The zero-order chi connectivity index (χ0) is 7.19. The van der Waals surface area contributed by atoms with E-state index in [1.54, 1.807) is 0 Å². The Balaban J connectivity index is 0.000000605. The van der Waals surface area contributed by atoms with Crippen molar-refractivity contribution < 1.29 is 0 Å². The van der Waals surface area contributed by atoms with Crippen LogP contribution in [0.5, 0.6) is 0 Å². The zero-order valence-electron chi connectivity index (χ0n) is 7.69. The second-order valence-corrected chi connectivity index (χ2v) is 4.40. The number of nitrogens with one attached hydrogen (secondary N) is 1.